The van der Waals surface area contributed by atoms with Gasteiger partial charge in [0.25, 0.3) is 0 Å². The number of thiazole rings is 1. The number of carbonyl (C=O) groups is 1. The summed E-state index contributed by atoms with van der Waals surface area (Å²) >= 11 is 2.88. The van der Waals surface area contributed by atoms with Gasteiger partial charge in [-0.2, -0.15) is 0 Å². The van der Waals surface area contributed by atoms with Crippen LogP contribution in [0.2, 0.25) is 0 Å². The molecule has 1 unspecified atom stereocenters. The van der Waals surface area contributed by atoms with Gasteiger partial charge in [-0.15, -0.1) is 11.3 Å². The maximum absolute atomic E-state index is 11.0. The fourth-order valence-electron chi connectivity index (χ4n) is 1.67. The number of rotatable bonds is 5. The van der Waals surface area contributed by atoms with E-state index in [9.17, 15) is 4.79 Å². The van der Waals surface area contributed by atoms with Gasteiger partial charge >= 0.3 is 5.97 Å². The van der Waals surface area contributed by atoms with Crippen LogP contribution in [0.4, 0.5) is 5.13 Å². The van der Waals surface area contributed by atoms with E-state index in [2.05, 4.69) is 23.3 Å². The third-order valence-electron chi connectivity index (χ3n) is 2.58. The highest BCUT2D eigenvalue weighted by atomic mass is 32.1. The molecule has 0 saturated carbocycles. The number of nitrogens with zero attached hydrogens (tertiary/aromatic N) is 1. The van der Waals surface area contributed by atoms with Crippen molar-refractivity contribution < 1.29 is 9.90 Å². The summed E-state index contributed by atoms with van der Waals surface area (Å²) in [7, 11) is 0. The van der Waals surface area contributed by atoms with Crippen molar-refractivity contribution in [2.75, 3.05) is 5.32 Å². The Balaban J connectivity index is 2.18. The minimum Gasteiger partial charge on any atom is -0.477 e. The number of carboxylic acid groups (broad SMARTS) is 1. The lowest BCUT2D eigenvalue weighted by Crippen LogP contribution is -2.07. The van der Waals surface area contributed by atoms with Gasteiger partial charge in [-0.3, -0.25) is 0 Å². The largest absolute Gasteiger partial charge is 0.477 e. The first-order chi connectivity index (χ1) is 8.61. The first-order valence-corrected chi connectivity index (χ1v) is 7.32. The molecule has 0 aromatic carbocycles. The highest BCUT2D eigenvalue weighted by Crippen LogP contribution is 2.29. The molecule has 0 aliphatic carbocycles. The second kappa shape index (κ2) is 5.49. The maximum atomic E-state index is 11.0. The van der Waals surface area contributed by atoms with Gasteiger partial charge in [0.15, 0.2) is 5.13 Å². The smallest absolute Gasteiger partial charge is 0.347 e. The third-order valence-corrected chi connectivity index (χ3v) is 4.65. The van der Waals surface area contributed by atoms with Crippen LogP contribution in [0.25, 0.3) is 0 Å². The second-order valence-electron chi connectivity index (χ2n) is 3.86. The zero-order valence-electron chi connectivity index (χ0n) is 10.1. The highest BCUT2D eigenvalue weighted by Gasteiger charge is 2.17. The standard InChI is InChI=1S/C12H14N2O2S2/c1-3-8(9-5-4-6-17-9)14-12-13-7(2)10(18-12)11(15)16/h4-6,8H,3H2,1-2H3,(H,13,14)(H,15,16). The van der Waals surface area contributed by atoms with E-state index >= 15 is 0 Å². The van der Waals surface area contributed by atoms with Crippen LogP contribution < -0.4 is 5.32 Å². The predicted octanol–water partition coefficient (Wildman–Crippen LogP) is 3.77. The Labute approximate surface area is 113 Å². The molecule has 2 heterocycles. The van der Waals surface area contributed by atoms with Crippen LogP contribution in [0.15, 0.2) is 17.5 Å². The van der Waals surface area contributed by atoms with Crippen LogP contribution in [0.5, 0.6) is 0 Å². The fourth-order valence-corrected chi connectivity index (χ4v) is 3.39. The van der Waals surface area contributed by atoms with E-state index in [-0.39, 0.29) is 6.04 Å². The molecular formula is C12H14N2O2S2. The zero-order chi connectivity index (χ0) is 13.1. The number of nitrogens with one attached hydrogen (secondary N) is 1. The molecule has 0 bridgehead atoms. The molecule has 0 aliphatic heterocycles. The zero-order valence-corrected chi connectivity index (χ0v) is 11.8. The first kappa shape index (κ1) is 13.0. The van der Waals surface area contributed by atoms with Crippen LogP contribution >= 0.6 is 22.7 Å². The average molecular weight is 282 g/mol. The van der Waals surface area contributed by atoms with Gasteiger partial charge in [0.05, 0.1) is 11.7 Å². The molecule has 2 aromatic heterocycles. The summed E-state index contributed by atoms with van der Waals surface area (Å²) in [6, 6.07) is 4.28. The molecule has 0 amide bonds. The van der Waals surface area contributed by atoms with Crippen molar-refractivity contribution in [3.05, 3.63) is 33.0 Å². The summed E-state index contributed by atoms with van der Waals surface area (Å²) < 4.78 is 0. The van der Waals surface area contributed by atoms with Crippen molar-refractivity contribution in [1.82, 2.24) is 4.98 Å². The van der Waals surface area contributed by atoms with Crippen LogP contribution in [0.3, 0.4) is 0 Å². The molecular weight excluding hydrogens is 268 g/mol. The number of aryl methyl sites for hydroxylation is 1. The van der Waals surface area contributed by atoms with Crippen molar-refractivity contribution in [1.29, 1.82) is 0 Å². The van der Waals surface area contributed by atoms with Gasteiger partial charge in [-0.25, -0.2) is 9.78 Å². The Morgan fingerprint density at radius 3 is 2.89 bits per heavy atom. The number of carboxylic acids is 1. The van der Waals surface area contributed by atoms with Crippen molar-refractivity contribution in [2.24, 2.45) is 0 Å². The first-order valence-electron chi connectivity index (χ1n) is 5.62. The van der Waals surface area contributed by atoms with E-state index in [1.807, 2.05) is 11.4 Å². The fraction of sp³-hybridized carbons (Fsp3) is 0.333. The van der Waals surface area contributed by atoms with Crippen molar-refractivity contribution >= 4 is 33.8 Å². The van der Waals surface area contributed by atoms with Crippen molar-refractivity contribution in [3.8, 4) is 0 Å². The Morgan fingerprint density at radius 2 is 2.39 bits per heavy atom. The number of hydrogen-bond donors (Lipinski definition) is 2. The Morgan fingerprint density at radius 1 is 1.61 bits per heavy atom. The van der Waals surface area contributed by atoms with Gasteiger partial charge in [0, 0.05) is 4.88 Å². The molecule has 0 fully saturated rings. The van der Waals surface area contributed by atoms with E-state index in [0.29, 0.717) is 15.7 Å². The average Bonchev–Trinajstić information content (AvgIpc) is 2.95. The SMILES string of the molecule is CCC(Nc1nc(C)c(C(=O)O)s1)c1cccs1. The van der Waals surface area contributed by atoms with Crippen LogP contribution in [-0.4, -0.2) is 16.1 Å². The molecule has 4 nitrogen and oxygen atoms in total. The summed E-state index contributed by atoms with van der Waals surface area (Å²) in [6.07, 6.45) is 0.932. The topological polar surface area (TPSA) is 62.2 Å². The molecule has 1 atom stereocenters. The molecule has 0 radical (unpaired) electrons. The monoisotopic (exact) mass is 282 g/mol. The molecule has 6 heteroatoms. The van der Waals surface area contributed by atoms with E-state index in [1.165, 1.54) is 16.2 Å². The van der Waals surface area contributed by atoms with Crippen LogP contribution in [0, 0.1) is 6.92 Å². The minimum absolute atomic E-state index is 0.192. The van der Waals surface area contributed by atoms with Crippen LogP contribution in [-0.2, 0) is 0 Å². The number of hydrogen-bond acceptors (Lipinski definition) is 5. The summed E-state index contributed by atoms with van der Waals surface area (Å²) in [5, 5.41) is 15.0. The molecule has 2 N–H and O–H groups in total. The third kappa shape index (κ3) is 2.70. The van der Waals surface area contributed by atoms with E-state index in [4.69, 9.17) is 5.11 Å². The summed E-state index contributed by atoms with van der Waals surface area (Å²) in [6.45, 7) is 3.81. The highest BCUT2D eigenvalue weighted by molar-refractivity contribution is 7.17. The quantitative estimate of drug-likeness (QED) is 0.876. The number of thiophene rings is 1. The van der Waals surface area contributed by atoms with E-state index in [1.54, 1.807) is 18.3 Å². The molecule has 0 saturated heterocycles. The van der Waals surface area contributed by atoms with Gasteiger partial charge < -0.3 is 10.4 Å². The molecule has 0 aliphatic rings. The van der Waals surface area contributed by atoms with Gasteiger partial charge in [0.2, 0.25) is 0 Å². The van der Waals surface area contributed by atoms with E-state index < -0.39 is 5.97 Å². The second-order valence-corrected chi connectivity index (χ2v) is 5.84. The number of anilines is 1. The predicted molar refractivity (Wildman–Crippen MR) is 74.8 cm³/mol. The Bertz CT molecular complexity index is 534. The van der Waals surface area contributed by atoms with Gasteiger partial charge in [-0.1, -0.05) is 24.3 Å². The lowest BCUT2D eigenvalue weighted by Gasteiger charge is -2.14. The summed E-state index contributed by atoms with van der Waals surface area (Å²) in [5.74, 6) is -0.915. The Kier molecular flexibility index (Phi) is 3.98. The summed E-state index contributed by atoms with van der Waals surface area (Å²) in [4.78, 5) is 16.8. The normalized spacial score (nSPS) is 12.3. The van der Waals surface area contributed by atoms with Gasteiger partial charge in [-0.05, 0) is 24.8 Å². The molecule has 2 rings (SSSR count). The molecule has 18 heavy (non-hydrogen) atoms. The number of aromatic nitrogens is 1. The van der Waals surface area contributed by atoms with Crippen LogP contribution in [0.1, 0.15) is 39.6 Å². The van der Waals surface area contributed by atoms with E-state index in [0.717, 1.165) is 6.42 Å². The molecule has 0 spiro atoms. The Hall–Kier alpha value is -1.40. The molecule has 2 aromatic rings. The summed E-state index contributed by atoms with van der Waals surface area (Å²) in [5.41, 5.74) is 0.566. The maximum Gasteiger partial charge on any atom is 0.347 e. The molecule has 96 valence electrons. The number of aromatic carboxylic acids is 1. The van der Waals surface area contributed by atoms with Crippen molar-refractivity contribution in [3.63, 3.8) is 0 Å². The lowest BCUT2D eigenvalue weighted by molar-refractivity contribution is 0.0701. The van der Waals surface area contributed by atoms with Crippen molar-refractivity contribution in [2.45, 2.75) is 26.3 Å². The lowest BCUT2D eigenvalue weighted by atomic mass is 10.2. The van der Waals surface area contributed by atoms with Gasteiger partial charge in [0.1, 0.15) is 4.88 Å². The minimum atomic E-state index is -0.915.